The molecule has 1 heterocycles. The number of carbonyl (C=O) groups is 2. The van der Waals surface area contributed by atoms with Gasteiger partial charge in [0.15, 0.2) is 0 Å². The molecular formula is C11H19N3O2. The van der Waals surface area contributed by atoms with Crippen molar-refractivity contribution in [3.63, 3.8) is 0 Å². The van der Waals surface area contributed by atoms with Gasteiger partial charge in [-0.15, -0.1) is 0 Å². The van der Waals surface area contributed by atoms with Crippen LogP contribution in [0.1, 0.15) is 13.8 Å². The molecule has 5 heteroatoms. The van der Waals surface area contributed by atoms with E-state index in [-0.39, 0.29) is 11.8 Å². The van der Waals surface area contributed by atoms with Crippen LogP contribution in [0.3, 0.4) is 0 Å². The monoisotopic (exact) mass is 225 g/mol. The number of hydrogen-bond acceptors (Lipinski definition) is 3. The Labute approximate surface area is 95.9 Å². The molecule has 1 saturated heterocycles. The van der Waals surface area contributed by atoms with Gasteiger partial charge in [0.05, 0.1) is 0 Å². The van der Waals surface area contributed by atoms with Crippen LogP contribution in [0.4, 0.5) is 0 Å². The molecule has 16 heavy (non-hydrogen) atoms. The SMILES string of the molecule is CNC(=O)C1CNCCN1C(=O)C=C(C)C. The molecule has 0 aromatic carbocycles. The Morgan fingerprint density at radius 2 is 2.12 bits per heavy atom. The third-order valence-corrected chi connectivity index (χ3v) is 2.49. The van der Waals surface area contributed by atoms with Gasteiger partial charge in [-0.05, 0) is 13.8 Å². The quantitative estimate of drug-likeness (QED) is 0.623. The van der Waals surface area contributed by atoms with E-state index in [2.05, 4.69) is 10.6 Å². The lowest BCUT2D eigenvalue weighted by atomic mass is 10.1. The maximum absolute atomic E-state index is 11.9. The smallest absolute Gasteiger partial charge is 0.247 e. The van der Waals surface area contributed by atoms with Gasteiger partial charge < -0.3 is 15.5 Å². The number of nitrogens with zero attached hydrogens (tertiary/aromatic N) is 1. The number of allylic oxidation sites excluding steroid dienone is 1. The lowest BCUT2D eigenvalue weighted by Gasteiger charge is -2.34. The molecule has 0 bridgehead atoms. The van der Waals surface area contributed by atoms with E-state index in [0.29, 0.717) is 13.1 Å². The highest BCUT2D eigenvalue weighted by atomic mass is 16.2. The third kappa shape index (κ3) is 3.06. The molecule has 1 fully saturated rings. The number of likely N-dealkylation sites (N-methyl/N-ethyl adjacent to an activating group) is 1. The Morgan fingerprint density at radius 3 is 2.69 bits per heavy atom. The second-order valence-corrected chi connectivity index (χ2v) is 4.09. The predicted molar refractivity (Wildman–Crippen MR) is 61.9 cm³/mol. The zero-order valence-corrected chi connectivity index (χ0v) is 10.0. The molecule has 0 spiro atoms. The molecule has 0 radical (unpaired) electrons. The molecule has 2 N–H and O–H groups in total. The molecule has 5 nitrogen and oxygen atoms in total. The van der Waals surface area contributed by atoms with Gasteiger partial charge in [0.2, 0.25) is 11.8 Å². The fourth-order valence-corrected chi connectivity index (χ4v) is 1.70. The van der Waals surface area contributed by atoms with E-state index in [9.17, 15) is 9.59 Å². The zero-order chi connectivity index (χ0) is 12.1. The summed E-state index contributed by atoms with van der Waals surface area (Å²) in [6, 6.07) is -0.401. The first kappa shape index (κ1) is 12.7. The van der Waals surface area contributed by atoms with Crippen molar-refractivity contribution in [3.8, 4) is 0 Å². The van der Waals surface area contributed by atoms with E-state index in [1.165, 1.54) is 0 Å². The van der Waals surface area contributed by atoms with Crippen LogP contribution < -0.4 is 10.6 Å². The highest BCUT2D eigenvalue weighted by Gasteiger charge is 2.30. The largest absolute Gasteiger partial charge is 0.357 e. The van der Waals surface area contributed by atoms with Crippen molar-refractivity contribution in [2.45, 2.75) is 19.9 Å². The van der Waals surface area contributed by atoms with Crippen LogP contribution in [0.5, 0.6) is 0 Å². The van der Waals surface area contributed by atoms with Crippen molar-refractivity contribution in [3.05, 3.63) is 11.6 Å². The van der Waals surface area contributed by atoms with E-state index in [1.807, 2.05) is 13.8 Å². The predicted octanol–water partition coefficient (Wildman–Crippen LogP) is -0.501. The van der Waals surface area contributed by atoms with Crippen LogP contribution in [0.15, 0.2) is 11.6 Å². The topological polar surface area (TPSA) is 61.4 Å². The van der Waals surface area contributed by atoms with Crippen LogP contribution in [0.2, 0.25) is 0 Å². The third-order valence-electron chi connectivity index (χ3n) is 2.49. The molecule has 1 aliphatic rings. The average Bonchev–Trinajstić information content (AvgIpc) is 2.27. The molecule has 0 aliphatic carbocycles. The van der Waals surface area contributed by atoms with E-state index < -0.39 is 6.04 Å². The van der Waals surface area contributed by atoms with Crippen molar-refractivity contribution in [1.82, 2.24) is 15.5 Å². The van der Waals surface area contributed by atoms with E-state index in [1.54, 1.807) is 18.0 Å². The first-order chi connectivity index (χ1) is 7.56. The van der Waals surface area contributed by atoms with Crippen LogP contribution in [-0.2, 0) is 9.59 Å². The Kier molecular flexibility index (Phi) is 4.49. The summed E-state index contributed by atoms with van der Waals surface area (Å²) in [4.78, 5) is 25.1. The summed E-state index contributed by atoms with van der Waals surface area (Å²) in [7, 11) is 1.58. The zero-order valence-electron chi connectivity index (χ0n) is 10.0. The molecule has 2 amide bonds. The lowest BCUT2D eigenvalue weighted by molar-refractivity contribution is -0.137. The summed E-state index contributed by atoms with van der Waals surface area (Å²) in [5.41, 5.74) is 0.944. The summed E-state index contributed by atoms with van der Waals surface area (Å²) in [6.07, 6.45) is 1.57. The Hall–Kier alpha value is -1.36. The summed E-state index contributed by atoms with van der Waals surface area (Å²) in [5, 5.41) is 5.69. The van der Waals surface area contributed by atoms with Gasteiger partial charge >= 0.3 is 0 Å². The first-order valence-corrected chi connectivity index (χ1v) is 5.44. The van der Waals surface area contributed by atoms with Gasteiger partial charge in [-0.1, -0.05) is 5.57 Å². The number of nitrogens with one attached hydrogen (secondary N) is 2. The first-order valence-electron chi connectivity index (χ1n) is 5.44. The number of carbonyl (C=O) groups excluding carboxylic acids is 2. The van der Waals surface area contributed by atoms with Gasteiger partial charge in [-0.3, -0.25) is 9.59 Å². The Morgan fingerprint density at radius 1 is 1.44 bits per heavy atom. The molecule has 1 rings (SSSR count). The van der Waals surface area contributed by atoms with Crippen LogP contribution in [-0.4, -0.2) is 49.4 Å². The minimum absolute atomic E-state index is 0.0879. The van der Waals surface area contributed by atoms with Crippen LogP contribution in [0.25, 0.3) is 0 Å². The second kappa shape index (κ2) is 5.65. The van der Waals surface area contributed by atoms with Crippen LogP contribution in [0, 0.1) is 0 Å². The van der Waals surface area contributed by atoms with Crippen molar-refractivity contribution in [2.24, 2.45) is 0 Å². The number of piperazine rings is 1. The number of hydrogen-bond donors (Lipinski definition) is 2. The maximum Gasteiger partial charge on any atom is 0.247 e. The van der Waals surface area contributed by atoms with Crippen molar-refractivity contribution in [2.75, 3.05) is 26.7 Å². The molecule has 1 unspecified atom stereocenters. The normalized spacial score (nSPS) is 20.2. The molecule has 0 aromatic heterocycles. The molecule has 0 aromatic rings. The Balaban J connectivity index is 2.78. The van der Waals surface area contributed by atoms with Gasteiger partial charge in [0, 0.05) is 32.8 Å². The lowest BCUT2D eigenvalue weighted by Crippen LogP contribution is -2.58. The fourth-order valence-electron chi connectivity index (χ4n) is 1.70. The standard InChI is InChI=1S/C11H19N3O2/c1-8(2)6-10(15)14-5-4-13-7-9(14)11(16)12-3/h6,9,13H,4-5,7H2,1-3H3,(H,12,16). The van der Waals surface area contributed by atoms with E-state index in [0.717, 1.165) is 12.1 Å². The van der Waals surface area contributed by atoms with Crippen LogP contribution >= 0.6 is 0 Å². The molecule has 90 valence electrons. The van der Waals surface area contributed by atoms with Gasteiger partial charge in [-0.2, -0.15) is 0 Å². The minimum atomic E-state index is -0.401. The molecule has 1 aliphatic heterocycles. The van der Waals surface area contributed by atoms with Gasteiger partial charge in [-0.25, -0.2) is 0 Å². The van der Waals surface area contributed by atoms with Crippen molar-refractivity contribution in [1.29, 1.82) is 0 Å². The van der Waals surface area contributed by atoms with E-state index >= 15 is 0 Å². The summed E-state index contributed by atoms with van der Waals surface area (Å²) >= 11 is 0. The summed E-state index contributed by atoms with van der Waals surface area (Å²) < 4.78 is 0. The molecule has 1 atom stereocenters. The van der Waals surface area contributed by atoms with Crippen molar-refractivity contribution >= 4 is 11.8 Å². The minimum Gasteiger partial charge on any atom is -0.357 e. The average molecular weight is 225 g/mol. The molecular weight excluding hydrogens is 206 g/mol. The highest BCUT2D eigenvalue weighted by Crippen LogP contribution is 2.06. The van der Waals surface area contributed by atoms with Gasteiger partial charge in [0.25, 0.3) is 0 Å². The van der Waals surface area contributed by atoms with Gasteiger partial charge in [0.1, 0.15) is 6.04 Å². The highest BCUT2D eigenvalue weighted by molar-refractivity contribution is 5.93. The molecule has 0 saturated carbocycles. The van der Waals surface area contributed by atoms with Crippen molar-refractivity contribution < 1.29 is 9.59 Å². The fraction of sp³-hybridized carbons (Fsp3) is 0.636. The summed E-state index contributed by atoms with van der Waals surface area (Å²) in [5.74, 6) is -0.210. The number of amides is 2. The van der Waals surface area contributed by atoms with E-state index in [4.69, 9.17) is 0 Å². The maximum atomic E-state index is 11.9. The number of rotatable bonds is 2. The second-order valence-electron chi connectivity index (χ2n) is 4.09. The summed E-state index contributed by atoms with van der Waals surface area (Å²) in [6.45, 7) is 5.56. The Bertz CT molecular complexity index is 308.